The van der Waals surface area contributed by atoms with Crippen LogP contribution < -0.4 is 4.74 Å². The van der Waals surface area contributed by atoms with Gasteiger partial charge in [0.1, 0.15) is 5.75 Å². The summed E-state index contributed by atoms with van der Waals surface area (Å²) in [5, 5.41) is 0. The number of hydrogen-bond donors (Lipinski definition) is 0. The summed E-state index contributed by atoms with van der Waals surface area (Å²) >= 11 is 0. The molecule has 1 aliphatic rings. The summed E-state index contributed by atoms with van der Waals surface area (Å²) in [5.41, 5.74) is 1.41. The Morgan fingerprint density at radius 1 is 1.29 bits per heavy atom. The molecular formula is C19H31NO. The van der Waals surface area contributed by atoms with E-state index in [1.165, 1.54) is 44.5 Å². The first kappa shape index (κ1) is 16.4. The monoisotopic (exact) mass is 289 g/mol. The van der Waals surface area contributed by atoms with Gasteiger partial charge in [-0.2, -0.15) is 0 Å². The van der Waals surface area contributed by atoms with E-state index in [0.29, 0.717) is 5.92 Å². The predicted molar refractivity (Wildman–Crippen MR) is 90.1 cm³/mol. The highest BCUT2D eigenvalue weighted by molar-refractivity contribution is 5.29. The molecule has 1 aliphatic heterocycles. The molecule has 21 heavy (non-hydrogen) atoms. The van der Waals surface area contributed by atoms with Crippen molar-refractivity contribution in [2.75, 3.05) is 26.2 Å². The first-order valence-electron chi connectivity index (χ1n) is 8.64. The summed E-state index contributed by atoms with van der Waals surface area (Å²) < 4.78 is 5.87. The maximum absolute atomic E-state index is 5.87. The summed E-state index contributed by atoms with van der Waals surface area (Å²) in [6, 6.07) is 8.64. The minimum absolute atomic E-state index is 0.639. The van der Waals surface area contributed by atoms with Crippen LogP contribution in [-0.4, -0.2) is 31.1 Å². The Hall–Kier alpha value is -1.02. The van der Waals surface area contributed by atoms with Crippen molar-refractivity contribution in [3.8, 4) is 5.75 Å². The van der Waals surface area contributed by atoms with Crippen molar-refractivity contribution in [3.63, 3.8) is 0 Å². The topological polar surface area (TPSA) is 12.5 Å². The summed E-state index contributed by atoms with van der Waals surface area (Å²) in [6.07, 6.45) is 5.07. The Labute approximate surface area is 130 Å². The van der Waals surface area contributed by atoms with Gasteiger partial charge in [-0.05, 0) is 61.8 Å². The molecule has 0 saturated carbocycles. The Balaban J connectivity index is 1.66. The van der Waals surface area contributed by atoms with Crippen molar-refractivity contribution in [1.29, 1.82) is 0 Å². The highest BCUT2D eigenvalue weighted by atomic mass is 16.5. The Morgan fingerprint density at radius 2 is 2.05 bits per heavy atom. The van der Waals surface area contributed by atoms with E-state index < -0.39 is 0 Å². The van der Waals surface area contributed by atoms with Gasteiger partial charge in [-0.25, -0.2) is 0 Å². The van der Waals surface area contributed by atoms with E-state index in [1.54, 1.807) is 0 Å². The zero-order valence-corrected chi connectivity index (χ0v) is 14.0. The molecule has 0 bridgehead atoms. The third kappa shape index (κ3) is 5.35. The van der Waals surface area contributed by atoms with Gasteiger partial charge in [-0.3, -0.25) is 0 Å². The smallest absolute Gasteiger partial charge is 0.119 e. The summed E-state index contributed by atoms with van der Waals surface area (Å²) in [6.45, 7) is 11.4. The van der Waals surface area contributed by atoms with Gasteiger partial charge in [-0.15, -0.1) is 0 Å². The molecule has 0 aromatic heterocycles. The second-order valence-electron chi connectivity index (χ2n) is 6.63. The van der Waals surface area contributed by atoms with Crippen LogP contribution in [0.25, 0.3) is 0 Å². The predicted octanol–water partition coefficient (Wildman–Crippen LogP) is 4.70. The number of hydrogen-bond acceptors (Lipinski definition) is 2. The number of likely N-dealkylation sites (tertiary alicyclic amines) is 1. The van der Waals surface area contributed by atoms with Crippen LogP contribution in [-0.2, 0) is 0 Å². The van der Waals surface area contributed by atoms with Crippen molar-refractivity contribution in [1.82, 2.24) is 4.90 Å². The zero-order valence-electron chi connectivity index (χ0n) is 14.0. The number of benzene rings is 1. The van der Waals surface area contributed by atoms with Crippen LogP contribution in [0.4, 0.5) is 0 Å². The van der Waals surface area contributed by atoms with Gasteiger partial charge in [0.25, 0.3) is 0 Å². The molecule has 2 nitrogen and oxygen atoms in total. The number of nitrogens with zero attached hydrogens (tertiary/aromatic N) is 1. The fourth-order valence-electron chi connectivity index (χ4n) is 3.10. The molecule has 0 N–H and O–H groups in total. The van der Waals surface area contributed by atoms with Crippen LogP contribution >= 0.6 is 0 Å². The third-order valence-electron chi connectivity index (χ3n) is 4.69. The largest absolute Gasteiger partial charge is 0.494 e. The van der Waals surface area contributed by atoms with Crippen LogP contribution in [0.5, 0.6) is 5.75 Å². The minimum Gasteiger partial charge on any atom is -0.494 e. The first-order chi connectivity index (χ1) is 10.2. The Kier molecular flexibility index (Phi) is 6.56. The van der Waals surface area contributed by atoms with E-state index in [4.69, 9.17) is 4.74 Å². The molecule has 2 rings (SSSR count). The summed E-state index contributed by atoms with van der Waals surface area (Å²) in [7, 11) is 0. The van der Waals surface area contributed by atoms with E-state index >= 15 is 0 Å². The quantitative estimate of drug-likeness (QED) is 0.675. The molecule has 118 valence electrons. The van der Waals surface area contributed by atoms with E-state index in [-0.39, 0.29) is 0 Å². The lowest BCUT2D eigenvalue weighted by molar-refractivity contribution is 0.170. The fourth-order valence-corrected chi connectivity index (χ4v) is 3.10. The molecular weight excluding hydrogens is 258 g/mol. The normalized spacial score (nSPS) is 21.2. The third-order valence-corrected chi connectivity index (χ3v) is 4.69. The van der Waals surface area contributed by atoms with Crippen molar-refractivity contribution in [2.24, 2.45) is 5.92 Å². The molecule has 0 unspecified atom stereocenters. The standard InChI is InChI=1S/C19H31NO/c1-4-17(3)18-8-10-19(11-9-18)21-14-6-13-20-12-5-7-16(2)15-20/h8-11,16-17H,4-7,12-15H2,1-3H3/t16-,17+/m0/s1. The average Bonchev–Trinajstić information content (AvgIpc) is 2.51. The van der Waals surface area contributed by atoms with Gasteiger partial charge in [-0.1, -0.05) is 32.9 Å². The molecule has 2 heteroatoms. The molecule has 1 heterocycles. The number of ether oxygens (including phenoxy) is 1. The van der Waals surface area contributed by atoms with E-state index in [9.17, 15) is 0 Å². The SMILES string of the molecule is CC[C@@H](C)c1ccc(OCCCN2CCC[C@H](C)C2)cc1. The molecule has 1 aromatic rings. The lowest BCUT2D eigenvalue weighted by atomic mass is 9.99. The van der Waals surface area contributed by atoms with Crippen molar-refractivity contribution >= 4 is 0 Å². The van der Waals surface area contributed by atoms with Crippen LogP contribution in [0.2, 0.25) is 0 Å². The zero-order chi connectivity index (χ0) is 15.1. The molecule has 0 spiro atoms. The van der Waals surface area contributed by atoms with E-state index in [2.05, 4.69) is 49.9 Å². The number of rotatable bonds is 7. The minimum atomic E-state index is 0.639. The van der Waals surface area contributed by atoms with Gasteiger partial charge in [0, 0.05) is 13.1 Å². The van der Waals surface area contributed by atoms with Crippen molar-refractivity contribution < 1.29 is 4.74 Å². The van der Waals surface area contributed by atoms with Crippen LogP contribution in [0.3, 0.4) is 0 Å². The van der Waals surface area contributed by atoms with Gasteiger partial charge in [0.05, 0.1) is 6.61 Å². The first-order valence-corrected chi connectivity index (χ1v) is 8.64. The average molecular weight is 289 g/mol. The van der Waals surface area contributed by atoms with Crippen LogP contribution in [0, 0.1) is 5.92 Å². The Morgan fingerprint density at radius 3 is 2.71 bits per heavy atom. The van der Waals surface area contributed by atoms with Crippen molar-refractivity contribution in [2.45, 2.75) is 52.4 Å². The summed E-state index contributed by atoms with van der Waals surface area (Å²) in [4.78, 5) is 2.59. The molecule has 0 aliphatic carbocycles. The fraction of sp³-hybridized carbons (Fsp3) is 0.684. The van der Waals surface area contributed by atoms with Gasteiger partial charge in [0.2, 0.25) is 0 Å². The lowest BCUT2D eigenvalue weighted by Crippen LogP contribution is -2.35. The molecule has 2 atom stereocenters. The van der Waals surface area contributed by atoms with Crippen LogP contribution in [0.1, 0.15) is 57.9 Å². The molecule has 1 aromatic carbocycles. The van der Waals surface area contributed by atoms with Gasteiger partial charge in [0.15, 0.2) is 0 Å². The summed E-state index contributed by atoms with van der Waals surface area (Å²) in [5.74, 6) is 2.52. The van der Waals surface area contributed by atoms with Gasteiger partial charge >= 0.3 is 0 Å². The maximum Gasteiger partial charge on any atom is 0.119 e. The highest BCUT2D eigenvalue weighted by Crippen LogP contribution is 2.21. The molecule has 0 radical (unpaired) electrons. The van der Waals surface area contributed by atoms with E-state index in [0.717, 1.165) is 24.7 Å². The van der Waals surface area contributed by atoms with Gasteiger partial charge < -0.3 is 9.64 Å². The van der Waals surface area contributed by atoms with Crippen molar-refractivity contribution in [3.05, 3.63) is 29.8 Å². The van der Waals surface area contributed by atoms with Crippen LogP contribution in [0.15, 0.2) is 24.3 Å². The second-order valence-corrected chi connectivity index (χ2v) is 6.63. The highest BCUT2D eigenvalue weighted by Gasteiger charge is 2.15. The Bertz CT molecular complexity index is 401. The maximum atomic E-state index is 5.87. The molecule has 1 saturated heterocycles. The van der Waals surface area contributed by atoms with E-state index in [1.807, 2.05) is 0 Å². The molecule has 1 fully saturated rings. The lowest BCUT2D eigenvalue weighted by Gasteiger charge is -2.30. The number of piperidine rings is 1. The second kappa shape index (κ2) is 8.43. The molecule has 0 amide bonds.